The maximum Gasteiger partial charge on any atom is 0.137 e. The van der Waals surface area contributed by atoms with E-state index in [2.05, 4.69) is 15.4 Å². The molecule has 0 aromatic carbocycles. The first kappa shape index (κ1) is 8.96. The Hall–Kier alpha value is -1.62. The number of nitrogens with zero attached hydrogens (tertiary/aromatic N) is 3. The molecule has 0 unspecified atom stereocenters. The third kappa shape index (κ3) is 1.42. The zero-order valence-electron chi connectivity index (χ0n) is 8.07. The molecular formula is C9H13N5. The second-order valence-electron chi connectivity index (χ2n) is 3.08. The molecule has 0 aliphatic rings. The fourth-order valence-electron chi connectivity index (χ4n) is 1.41. The lowest BCUT2D eigenvalue weighted by Gasteiger charge is -2.04. The van der Waals surface area contributed by atoms with Crippen molar-refractivity contribution in [1.29, 1.82) is 0 Å². The Kier molecular flexibility index (Phi) is 2.32. The van der Waals surface area contributed by atoms with Crippen LogP contribution in [0.5, 0.6) is 0 Å². The van der Waals surface area contributed by atoms with Crippen molar-refractivity contribution < 1.29 is 0 Å². The van der Waals surface area contributed by atoms with Crippen LogP contribution < -0.4 is 11.1 Å². The van der Waals surface area contributed by atoms with Gasteiger partial charge in [-0.15, -0.1) is 0 Å². The molecule has 0 saturated carbocycles. The number of hydrogen-bond donors (Lipinski definition) is 2. The summed E-state index contributed by atoms with van der Waals surface area (Å²) < 4.78 is 1.82. The Morgan fingerprint density at radius 3 is 3.21 bits per heavy atom. The van der Waals surface area contributed by atoms with Gasteiger partial charge in [0.2, 0.25) is 0 Å². The molecule has 0 fully saturated rings. The van der Waals surface area contributed by atoms with Crippen LogP contribution in [0.25, 0.3) is 10.9 Å². The van der Waals surface area contributed by atoms with Crippen molar-refractivity contribution in [2.24, 2.45) is 12.8 Å². The molecule has 0 aliphatic heterocycles. The number of nitrogens with one attached hydrogen (secondary N) is 1. The molecule has 0 amide bonds. The molecular weight excluding hydrogens is 178 g/mol. The van der Waals surface area contributed by atoms with Gasteiger partial charge in [-0.25, -0.2) is 4.98 Å². The molecule has 5 nitrogen and oxygen atoms in total. The first-order valence-electron chi connectivity index (χ1n) is 4.53. The quantitative estimate of drug-likeness (QED) is 0.734. The summed E-state index contributed by atoms with van der Waals surface area (Å²) in [6, 6.07) is 1.94. The Labute approximate surface area is 81.9 Å². The summed E-state index contributed by atoms with van der Waals surface area (Å²) in [6.07, 6.45) is 3.57. The minimum Gasteiger partial charge on any atom is -0.368 e. The normalized spacial score (nSPS) is 10.7. The number of pyridine rings is 1. The molecule has 2 rings (SSSR count). The molecule has 14 heavy (non-hydrogen) atoms. The Morgan fingerprint density at radius 2 is 2.43 bits per heavy atom. The van der Waals surface area contributed by atoms with E-state index < -0.39 is 0 Å². The van der Waals surface area contributed by atoms with E-state index in [4.69, 9.17) is 5.73 Å². The molecule has 0 radical (unpaired) electrons. The molecule has 0 bridgehead atoms. The lowest BCUT2D eigenvalue weighted by atomic mass is 10.3. The zero-order valence-corrected chi connectivity index (χ0v) is 8.07. The molecule has 0 aliphatic carbocycles. The maximum absolute atomic E-state index is 5.41. The number of fused-ring (bicyclic) bond motifs is 1. The van der Waals surface area contributed by atoms with Crippen molar-refractivity contribution in [1.82, 2.24) is 14.8 Å². The Balaban J connectivity index is 2.44. The van der Waals surface area contributed by atoms with Crippen LogP contribution in [0.1, 0.15) is 0 Å². The summed E-state index contributed by atoms with van der Waals surface area (Å²) in [5.74, 6) is 0.848. The highest BCUT2D eigenvalue weighted by Crippen LogP contribution is 2.19. The van der Waals surface area contributed by atoms with Crippen LogP contribution in [-0.2, 0) is 7.05 Å². The van der Waals surface area contributed by atoms with Gasteiger partial charge in [0, 0.05) is 26.3 Å². The molecule has 0 atom stereocenters. The van der Waals surface area contributed by atoms with E-state index in [9.17, 15) is 0 Å². The first-order chi connectivity index (χ1) is 6.83. The lowest BCUT2D eigenvalue weighted by molar-refractivity contribution is 0.797. The number of anilines is 1. The number of aromatic nitrogens is 3. The van der Waals surface area contributed by atoms with Gasteiger partial charge >= 0.3 is 0 Å². The average molecular weight is 191 g/mol. The molecule has 2 aromatic rings. The first-order valence-corrected chi connectivity index (χ1v) is 4.53. The number of nitrogens with two attached hydrogens (primary N) is 1. The fraction of sp³-hybridized carbons (Fsp3) is 0.333. The van der Waals surface area contributed by atoms with Crippen LogP contribution >= 0.6 is 0 Å². The van der Waals surface area contributed by atoms with Crippen LogP contribution in [0.4, 0.5) is 5.82 Å². The van der Waals surface area contributed by atoms with Crippen LogP contribution in [0.3, 0.4) is 0 Å². The van der Waals surface area contributed by atoms with Crippen LogP contribution in [0.15, 0.2) is 18.5 Å². The van der Waals surface area contributed by atoms with Gasteiger partial charge in [-0.1, -0.05) is 0 Å². The standard InChI is InChI=1S/C9H13N5/c1-14-8-2-4-11-9(12-5-3-10)7(8)6-13-14/h2,4,6H,3,5,10H2,1H3,(H,11,12). The van der Waals surface area contributed by atoms with E-state index in [0.717, 1.165) is 23.3 Å². The van der Waals surface area contributed by atoms with E-state index in [-0.39, 0.29) is 0 Å². The van der Waals surface area contributed by atoms with Crippen LogP contribution in [0.2, 0.25) is 0 Å². The predicted molar refractivity (Wildman–Crippen MR) is 56.1 cm³/mol. The second kappa shape index (κ2) is 3.63. The van der Waals surface area contributed by atoms with Gasteiger partial charge in [0.1, 0.15) is 5.82 Å². The van der Waals surface area contributed by atoms with Crippen molar-refractivity contribution in [3.05, 3.63) is 18.5 Å². The largest absolute Gasteiger partial charge is 0.368 e. The fourth-order valence-corrected chi connectivity index (χ4v) is 1.41. The maximum atomic E-state index is 5.41. The zero-order chi connectivity index (χ0) is 9.97. The van der Waals surface area contributed by atoms with Crippen LogP contribution in [-0.4, -0.2) is 27.9 Å². The van der Waals surface area contributed by atoms with E-state index in [1.54, 1.807) is 12.4 Å². The highest BCUT2D eigenvalue weighted by Gasteiger charge is 2.04. The van der Waals surface area contributed by atoms with E-state index in [1.165, 1.54) is 0 Å². The van der Waals surface area contributed by atoms with Gasteiger partial charge < -0.3 is 11.1 Å². The molecule has 0 spiro atoms. The van der Waals surface area contributed by atoms with E-state index in [1.807, 2.05) is 17.8 Å². The SMILES string of the molecule is Cn1ncc2c(NCCN)nccc21. The van der Waals surface area contributed by atoms with Crippen LogP contribution in [0, 0.1) is 0 Å². The average Bonchev–Trinajstić information content (AvgIpc) is 2.58. The van der Waals surface area contributed by atoms with Gasteiger partial charge in [0.05, 0.1) is 17.1 Å². The summed E-state index contributed by atoms with van der Waals surface area (Å²) in [4.78, 5) is 4.24. The predicted octanol–water partition coefficient (Wildman–Crippen LogP) is 0.339. The summed E-state index contributed by atoms with van der Waals surface area (Å²) in [5, 5.41) is 8.36. The van der Waals surface area contributed by atoms with Gasteiger partial charge in [0.25, 0.3) is 0 Å². The smallest absolute Gasteiger partial charge is 0.137 e. The van der Waals surface area contributed by atoms with Crippen molar-refractivity contribution in [2.45, 2.75) is 0 Å². The topological polar surface area (TPSA) is 68.8 Å². The minimum absolute atomic E-state index is 0.596. The third-order valence-electron chi connectivity index (χ3n) is 2.11. The Bertz CT molecular complexity index is 434. The van der Waals surface area contributed by atoms with Gasteiger partial charge in [-0.2, -0.15) is 5.10 Å². The van der Waals surface area contributed by atoms with Crippen molar-refractivity contribution in [2.75, 3.05) is 18.4 Å². The lowest BCUT2D eigenvalue weighted by Crippen LogP contribution is -2.13. The van der Waals surface area contributed by atoms with E-state index >= 15 is 0 Å². The number of hydrogen-bond acceptors (Lipinski definition) is 4. The molecule has 74 valence electrons. The van der Waals surface area contributed by atoms with E-state index in [0.29, 0.717) is 6.54 Å². The molecule has 2 heterocycles. The van der Waals surface area contributed by atoms with Crippen molar-refractivity contribution in [3.8, 4) is 0 Å². The summed E-state index contributed by atoms with van der Waals surface area (Å²) in [5.41, 5.74) is 6.48. The van der Waals surface area contributed by atoms with Gasteiger partial charge in [0.15, 0.2) is 0 Å². The number of aryl methyl sites for hydroxylation is 1. The molecule has 5 heteroatoms. The van der Waals surface area contributed by atoms with Gasteiger partial charge in [-0.05, 0) is 6.07 Å². The molecule has 3 N–H and O–H groups in total. The molecule has 2 aromatic heterocycles. The van der Waals surface area contributed by atoms with Crippen molar-refractivity contribution >= 4 is 16.7 Å². The summed E-state index contributed by atoms with van der Waals surface area (Å²) >= 11 is 0. The third-order valence-corrected chi connectivity index (χ3v) is 2.11. The monoisotopic (exact) mass is 191 g/mol. The summed E-state index contributed by atoms with van der Waals surface area (Å²) in [7, 11) is 1.91. The second-order valence-corrected chi connectivity index (χ2v) is 3.08. The Morgan fingerprint density at radius 1 is 1.57 bits per heavy atom. The minimum atomic E-state index is 0.596. The molecule has 0 saturated heterocycles. The highest BCUT2D eigenvalue weighted by atomic mass is 15.3. The highest BCUT2D eigenvalue weighted by molar-refractivity contribution is 5.88. The summed E-state index contributed by atoms with van der Waals surface area (Å²) in [6.45, 7) is 1.32. The van der Waals surface area contributed by atoms with Crippen molar-refractivity contribution in [3.63, 3.8) is 0 Å². The van der Waals surface area contributed by atoms with Gasteiger partial charge in [-0.3, -0.25) is 4.68 Å². The number of rotatable bonds is 3.